The summed E-state index contributed by atoms with van der Waals surface area (Å²) < 4.78 is 8.06. The largest absolute Gasteiger partial charge is 0.381 e. The van der Waals surface area contributed by atoms with Gasteiger partial charge in [0, 0.05) is 30.4 Å². The van der Waals surface area contributed by atoms with Crippen molar-refractivity contribution in [1.29, 1.82) is 0 Å². The molecule has 2 rings (SSSR count). The molecule has 0 saturated heterocycles. The molecule has 0 bridgehead atoms. The molecule has 1 aromatic rings. The van der Waals surface area contributed by atoms with Crippen LogP contribution in [0.1, 0.15) is 30.3 Å². The molecule has 0 unspecified atom stereocenters. The number of nitrogens with one attached hydrogen (secondary N) is 1. The molecule has 1 aromatic heterocycles. The van der Waals surface area contributed by atoms with E-state index in [0.717, 1.165) is 23.9 Å². The first kappa shape index (κ1) is 12.6. The van der Waals surface area contributed by atoms with E-state index in [1.54, 1.807) is 7.11 Å². The van der Waals surface area contributed by atoms with Crippen molar-refractivity contribution in [3.8, 4) is 0 Å². The third-order valence-corrected chi connectivity index (χ3v) is 3.63. The molecule has 17 heavy (non-hydrogen) atoms. The normalized spacial score (nSPS) is 23.2. The number of carbonyl (C=O) groups is 1. The number of carbonyl (C=O) groups excluding carboxylic acids is 1. The van der Waals surface area contributed by atoms with Gasteiger partial charge in [-0.3, -0.25) is 4.79 Å². The van der Waals surface area contributed by atoms with Gasteiger partial charge >= 0.3 is 0 Å². The van der Waals surface area contributed by atoms with Crippen LogP contribution >= 0.6 is 15.9 Å². The van der Waals surface area contributed by atoms with Gasteiger partial charge in [-0.2, -0.15) is 0 Å². The lowest BCUT2D eigenvalue weighted by Gasteiger charge is -2.34. The maximum atomic E-state index is 12.0. The van der Waals surface area contributed by atoms with Gasteiger partial charge in [0.05, 0.1) is 6.10 Å². The highest BCUT2D eigenvalue weighted by Gasteiger charge is 2.30. The number of ether oxygens (including phenoxy) is 1. The Kier molecular flexibility index (Phi) is 3.89. The summed E-state index contributed by atoms with van der Waals surface area (Å²) >= 11 is 3.39. The molecule has 1 aliphatic rings. The van der Waals surface area contributed by atoms with Crippen LogP contribution < -0.4 is 5.32 Å². The van der Waals surface area contributed by atoms with Crippen LogP contribution in [0.25, 0.3) is 0 Å². The predicted molar refractivity (Wildman–Crippen MR) is 69.1 cm³/mol. The van der Waals surface area contributed by atoms with Crippen LogP contribution in [0.4, 0.5) is 0 Å². The van der Waals surface area contributed by atoms with Crippen molar-refractivity contribution >= 4 is 21.8 Å². The van der Waals surface area contributed by atoms with Crippen molar-refractivity contribution in [3.63, 3.8) is 0 Å². The second-order valence-corrected chi connectivity index (χ2v) is 5.24. The maximum absolute atomic E-state index is 12.0. The summed E-state index contributed by atoms with van der Waals surface area (Å²) in [5.41, 5.74) is 0.709. The van der Waals surface area contributed by atoms with E-state index in [2.05, 4.69) is 21.2 Å². The molecule has 1 amide bonds. The lowest BCUT2D eigenvalue weighted by Crippen LogP contribution is -2.47. The quantitative estimate of drug-likeness (QED) is 0.926. The fourth-order valence-corrected chi connectivity index (χ4v) is 2.53. The Labute approximate surface area is 109 Å². The molecule has 94 valence electrons. The van der Waals surface area contributed by atoms with Crippen molar-refractivity contribution in [3.05, 3.63) is 22.4 Å². The Bertz CT molecular complexity index is 411. The molecule has 5 heteroatoms. The van der Waals surface area contributed by atoms with E-state index >= 15 is 0 Å². The molecule has 4 nitrogen and oxygen atoms in total. The zero-order valence-electron chi connectivity index (χ0n) is 10.1. The SMILES string of the molecule is CCn1cc(Br)cc1C(=O)NC1CC(OC)C1. The minimum absolute atomic E-state index is 0.00268. The van der Waals surface area contributed by atoms with Gasteiger partial charge in [-0.15, -0.1) is 0 Å². The van der Waals surface area contributed by atoms with Crippen LogP contribution in [0.2, 0.25) is 0 Å². The van der Waals surface area contributed by atoms with Gasteiger partial charge in [-0.1, -0.05) is 0 Å². The van der Waals surface area contributed by atoms with Gasteiger partial charge in [0.25, 0.3) is 5.91 Å². The van der Waals surface area contributed by atoms with Crippen molar-refractivity contribution in [2.24, 2.45) is 0 Å². The summed E-state index contributed by atoms with van der Waals surface area (Å²) in [5, 5.41) is 3.02. The molecule has 0 atom stereocenters. The first-order chi connectivity index (χ1) is 8.13. The van der Waals surface area contributed by atoms with Crippen molar-refractivity contribution in [1.82, 2.24) is 9.88 Å². The zero-order valence-corrected chi connectivity index (χ0v) is 11.7. The molecule has 0 spiro atoms. The van der Waals surface area contributed by atoms with Crippen LogP contribution in [0.3, 0.4) is 0 Å². The monoisotopic (exact) mass is 300 g/mol. The Morgan fingerprint density at radius 2 is 2.35 bits per heavy atom. The molecule has 0 aliphatic heterocycles. The minimum atomic E-state index is -0.00268. The highest BCUT2D eigenvalue weighted by Crippen LogP contribution is 2.23. The highest BCUT2D eigenvalue weighted by molar-refractivity contribution is 9.10. The summed E-state index contributed by atoms with van der Waals surface area (Å²) in [5.74, 6) is -0.00268. The van der Waals surface area contributed by atoms with Gasteiger partial charge in [0.2, 0.25) is 0 Å². The third-order valence-electron chi connectivity index (χ3n) is 3.20. The molecular weight excluding hydrogens is 284 g/mol. The maximum Gasteiger partial charge on any atom is 0.268 e. The van der Waals surface area contributed by atoms with Gasteiger partial charge < -0.3 is 14.6 Å². The Balaban J connectivity index is 1.95. The lowest BCUT2D eigenvalue weighted by atomic mass is 9.89. The van der Waals surface area contributed by atoms with E-state index in [-0.39, 0.29) is 11.9 Å². The minimum Gasteiger partial charge on any atom is -0.381 e. The average molecular weight is 301 g/mol. The summed E-state index contributed by atoms with van der Waals surface area (Å²) in [4.78, 5) is 12.0. The standard InChI is InChI=1S/C12H17BrN2O2/c1-3-15-7-8(13)4-11(15)12(16)14-9-5-10(6-9)17-2/h4,7,9-10H,3,5-6H2,1-2H3,(H,14,16). The Morgan fingerprint density at radius 1 is 1.65 bits per heavy atom. The number of nitrogens with zero attached hydrogens (tertiary/aromatic N) is 1. The molecule has 1 aliphatic carbocycles. The van der Waals surface area contributed by atoms with E-state index in [4.69, 9.17) is 4.74 Å². The predicted octanol–water partition coefficient (Wildman–Crippen LogP) is 2.18. The number of rotatable bonds is 4. The Hall–Kier alpha value is -0.810. The van der Waals surface area contributed by atoms with Crippen LogP contribution in [0.5, 0.6) is 0 Å². The second-order valence-electron chi connectivity index (χ2n) is 4.33. The van der Waals surface area contributed by atoms with Crippen molar-refractivity contribution in [2.45, 2.75) is 38.5 Å². The van der Waals surface area contributed by atoms with Gasteiger partial charge in [0.15, 0.2) is 0 Å². The van der Waals surface area contributed by atoms with Crippen LogP contribution in [0.15, 0.2) is 16.7 Å². The molecule has 0 aromatic carbocycles. The number of aryl methyl sites for hydroxylation is 1. The molecule has 1 N–H and O–H groups in total. The first-order valence-corrected chi connectivity index (χ1v) is 6.62. The van der Waals surface area contributed by atoms with E-state index < -0.39 is 0 Å². The molecule has 1 fully saturated rings. The number of amides is 1. The second kappa shape index (κ2) is 5.23. The van der Waals surface area contributed by atoms with Gasteiger partial charge in [0.1, 0.15) is 5.69 Å². The number of halogens is 1. The van der Waals surface area contributed by atoms with Crippen LogP contribution in [-0.2, 0) is 11.3 Å². The average Bonchev–Trinajstić information content (AvgIpc) is 2.64. The third kappa shape index (κ3) is 2.72. The highest BCUT2D eigenvalue weighted by atomic mass is 79.9. The summed E-state index contributed by atoms with van der Waals surface area (Å²) in [6, 6.07) is 2.11. The number of methoxy groups -OCH3 is 1. The first-order valence-electron chi connectivity index (χ1n) is 5.83. The molecule has 1 saturated carbocycles. The summed E-state index contributed by atoms with van der Waals surface area (Å²) in [6.07, 6.45) is 4.06. The fourth-order valence-electron chi connectivity index (χ4n) is 2.06. The van der Waals surface area contributed by atoms with Gasteiger partial charge in [-0.05, 0) is 41.8 Å². The van der Waals surface area contributed by atoms with E-state index in [0.29, 0.717) is 11.8 Å². The molecule has 0 radical (unpaired) electrons. The topological polar surface area (TPSA) is 43.3 Å². The lowest BCUT2D eigenvalue weighted by molar-refractivity contribution is 0.0175. The van der Waals surface area contributed by atoms with Crippen molar-refractivity contribution in [2.75, 3.05) is 7.11 Å². The van der Waals surface area contributed by atoms with E-state index in [9.17, 15) is 4.79 Å². The molecule has 1 heterocycles. The number of aromatic nitrogens is 1. The molecular formula is C12H17BrN2O2. The Morgan fingerprint density at radius 3 is 2.94 bits per heavy atom. The summed E-state index contributed by atoms with van der Waals surface area (Å²) in [6.45, 7) is 2.81. The fraction of sp³-hybridized carbons (Fsp3) is 0.583. The number of hydrogen-bond donors (Lipinski definition) is 1. The van der Waals surface area contributed by atoms with Crippen molar-refractivity contribution < 1.29 is 9.53 Å². The van der Waals surface area contributed by atoms with Crippen LogP contribution in [0, 0.1) is 0 Å². The zero-order chi connectivity index (χ0) is 12.4. The summed E-state index contributed by atoms with van der Waals surface area (Å²) in [7, 11) is 1.71. The van der Waals surface area contributed by atoms with E-state index in [1.165, 1.54) is 0 Å². The van der Waals surface area contributed by atoms with E-state index in [1.807, 2.05) is 23.8 Å². The smallest absolute Gasteiger partial charge is 0.268 e. The van der Waals surface area contributed by atoms with Crippen LogP contribution in [-0.4, -0.2) is 29.7 Å². The van der Waals surface area contributed by atoms with Gasteiger partial charge in [-0.25, -0.2) is 0 Å². The number of hydrogen-bond acceptors (Lipinski definition) is 2.